The van der Waals surface area contributed by atoms with Gasteiger partial charge in [0, 0.05) is 13.1 Å². The maximum Gasteiger partial charge on any atom is 0.128 e. The molecular weight excluding hydrogens is 186 g/mol. The number of hydrogen-bond donors (Lipinski definition) is 0. The molecule has 0 unspecified atom stereocenters. The highest BCUT2D eigenvalue weighted by atomic mass is 28.3. The summed E-state index contributed by atoms with van der Waals surface area (Å²) in [7, 11) is -1.20. The molecule has 1 nitrogen and oxygen atoms in total. The molecule has 0 bridgehead atoms. The van der Waals surface area contributed by atoms with Gasteiger partial charge < -0.3 is 4.57 Å². The highest BCUT2D eigenvalue weighted by Crippen LogP contribution is 2.24. The Hall–Kier alpha value is -0.343. The summed E-state index contributed by atoms with van der Waals surface area (Å²) in [5.74, 6) is 0. The lowest BCUT2D eigenvalue weighted by molar-refractivity contribution is 0.501. The molecule has 14 heavy (non-hydrogen) atoms. The molecule has 0 fully saturated rings. The fraction of sp³-hybridized carbons (Fsp3) is 0.667. The van der Waals surface area contributed by atoms with Crippen LogP contribution in [0.5, 0.6) is 0 Å². The van der Waals surface area contributed by atoms with Gasteiger partial charge in [-0.1, -0.05) is 32.9 Å². The van der Waals surface area contributed by atoms with E-state index in [1.807, 2.05) is 12.2 Å². The van der Waals surface area contributed by atoms with Crippen molar-refractivity contribution in [2.75, 3.05) is 13.1 Å². The molecular formula is C12H25NSi. The zero-order chi connectivity index (χ0) is 11.0. The van der Waals surface area contributed by atoms with Gasteiger partial charge >= 0.3 is 0 Å². The van der Waals surface area contributed by atoms with E-state index in [4.69, 9.17) is 0 Å². The monoisotopic (exact) mass is 211 g/mol. The lowest BCUT2D eigenvalue weighted by Gasteiger charge is -2.39. The van der Waals surface area contributed by atoms with E-state index in [9.17, 15) is 0 Å². The highest BCUT2D eigenvalue weighted by Gasteiger charge is 2.32. The van der Waals surface area contributed by atoms with Gasteiger partial charge in [-0.25, -0.2) is 0 Å². The summed E-state index contributed by atoms with van der Waals surface area (Å²) < 4.78 is 2.62. The molecule has 0 aromatic heterocycles. The van der Waals surface area contributed by atoms with Gasteiger partial charge in [-0.3, -0.25) is 0 Å². The van der Waals surface area contributed by atoms with Crippen LogP contribution in [0.4, 0.5) is 0 Å². The summed E-state index contributed by atoms with van der Waals surface area (Å²) in [6.45, 7) is 16.7. The highest BCUT2D eigenvalue weighted by molar-refractivity contribution is 6.77. The van der Waals surface area contributed by atoms with E-state index >= 15 is 0 Å². The molecule has 0 heterocycles. The Morgan fingerprint density at radius 3 is 1.50 bits per heavy atom. The van der Waals surface area contributed by atoms with Crippen LogP contribution >= 0.6 is 0 Å². The largest absolute Gasteiger partial charge is 0.316 e. The smallest absolute Gasteiger partial charge is 0.128 e. The van der Waals surface area contributed by atoms with Crippen LogP contribution < -0.4 is 0 Å². The number of rotatable bonds is 8. The average Bonchev–Trinajstić information content (AvgIpc) is 2.22. The van der Waals surface area contributed by atoms with E-state index in [1.54, 1.807) is 0 Å². The summed E-state index contributed by atoms with van der Waals surface area (Å²) >= 11 is 0. The van der Waals surface area contributed by atoms with Crippen LogP contribution in [0.25, 0.3) is 0 Å². The van der Waals surface area contributed by atoms with E-state index < -0.39 is 8.24 Å². The van der Waals surface area contributed by atoms with E-state index in [2.05, 4.69) is 38.5 Å². The van der Waals surface area contributed by atoms with Crippen LogP contribution in [0.1, 0.15) is 20.8 Å². The second kappa shape index (κ2) is 7.02. The van der Waals surface area contributed by atoms with Crippen molar-refractivity contribution in [3.8, 4) is 0 Å². The lowest BCUT2D eigenvalue weighted by Crippen LogP contribution is -2.52. The summed E-state index contributed by atoms with van der Waals surface area (Å²) in [5, 5.41) is 0. The summed E-state index contributed by atoms with van der Waals surface area (Å²) in [5.41, 5.74) is 0. The minimum atomic E-state index is -1.20. The quantitative estimate of drug-likeness (QED) is 0.437. The zero-order valence-corrected chi connectivity index (χ0v) is 11.1. The third-order valence-corrected chi connectivity index (χ3v) is 9.00. The third kappa shape index (κ3) is 3.10. The van der Waals surface area contributed by atoms with Gasteiger partial charge in [0.2, 0.25) is 0 Å². The maximum atomic E-state index is 3.85. The first-order valence-corrected chi connectivity index (χ1v) is 8.24. The summed E-state index contributed by atoms with van der Waals surface area (Å²) in [6, 6.07) is 4.00. The molecule has 0 amide bonds. The van der Waals surface area contributed by atoms with Crippen molar-refractivity contribution in [3.05, 3.63) is 25.3 Å². The molecule has 0 spiro atoms. The van der Waals surface area contributed by atoms with E-state index in [1.165, 1.54) is 18.1 Å². The Labute approximate surface area is 90.6 Å². The van der Waals surface area contributed by atoms with Crippen LogP contribution in [0.15, 0.2) is 25.3 Å². The second-order valence-corrected chi connectivity index (χ2v) is 8.97. The molecule has 0 saturated heterocycles. The Balaban J connectivity index is 4.67. The van der Waals surface area contributed by atoms with Crippen molar-refractivity contribution in [1.29, 1.82) is 0 Å². The van der Waals surface area contributed by atoms with Crippen molar-refractivity contribution in [1.82, 2.24) is 4.57 Å². The summed E-state index contributed by atoms with van der Waals surface area (Å²) in [4.78, 5) is 0. The topological polar surface area (TPSA) is 3.24 Å². The normalized spacial score (nSPS) is 11.7. The van der Waals surface area contributed by atoms with Crippen molar-refractivity contribution in [3.63, 3.8) is 0 Å². The fourth-order valence-corrected chi connectivity index (χ4v) is 6.07. The van der Waals surface area contributed by atoms with Gasteiger partial charge in [0.15, 0.2) is 0 Å². The zero-order valence-electron chi connectivity index (χ0n) is 10.1. The van der Waals surface area contributed by atoms with E-state index in [-0.39, 0.29) is 0 Å². The lowest BCUT2D eigenvalue weighted by atomic mass is 10.5. The predicted molar refractivity (Wildman–Crippen MR) is 69.2 cm³/mol. The first-order valence-electron chi connectivity index (χ1n) is 5.67. The molecule has 0 N–H and O–H groups in total. The summed E-state index contributed by atoms with van der Waals surface area (Å²) in [6.07, 6.45) is 4.04. The Morgan fingerprint density at radius 1 is 0.929 bits per heavy atom. The van der Waals surface area contributed by atoms with E-state index in [0.29, 0.717) is 0 Å². The minimum Gasteiger partial charge on any atom is -0.316 e. The Bertz CT molecular complexity index is 155. The Kier molecular flexibility index (Phi) is 6.84. The standard InChI is InChI=1S/C12H25NSi/c1-6-11-13(12-7-2)14(8-3,9-4)10-5/h6-7H,1-2,8-12H2,3-5H3. The van der Waals surface area contributed by atoms with Gasteiger partial charge in [-0.05, 0) is 18.1 Å². The molecule has 0 aliphatic heterocycles. The Morgan fingerprint density at radius 2 is 1.29 bits per heavy atom. The molecule has 0 aliphatic rings. The van der Waals surface area contributed by atoms with Gasteiger partial charge in [0.25, 0.3) is 0 Å². The van der Waals surface area contributed by atoms with Gasteiger partial charge in [-0.2, -0.15) is 0 Å². The molecule has 0 radical (unpaired) electrons. The molecule has 0 aromatic carbocycles. The van der Waals surface area contributed by atoms with Gasteiger partial charge in [-0.15, -0.1) is 13.2 Å². The van der Waals surface area contributed by atoms with Crippen LogP contribution in [-0.4, -0.2) is 25.9 Å². The number of nitrogens with zero attached hydrogens (tertiary/aromatic N) is 1. The average molecular weight is 211 g/mol. The first-order chi connectivity index (χ1) is 6.70. The molecule has 0 rings (SSSR count). The van der Waals surface area contributed by atoms with Crippen LogP contribution in [-0.2, 0) is 0 Å². The SMILES string of the molecule is C=CCN(CC=C)[Si](CC)(CC)CC. The van der Waals surface area contributed by atoms with E-state index in [0.717, 1.165) is 13.1 Å². The minimum absolute atomic E-state index is 1.02. The van der Waals surface area contributed by atoms with Gasteiger partial charge in [0.1, 0.15) is 8.24 Å². The van der Waals surface area contributed by atoms with Crippen molar-refractivity contribution < 1.29 is 0 Å². The molecule has 2 heteroatoms. The maximum absolute atomic E-state index is 3.85. The van der Waals surface area contributed by atoms with Crippen molar-refractivity contribution >= 4 is 8.24 Å². The fourth-order valence-electron chi connectivity index (χ4n) is 2.19. The second-order valence-electron chi connectivity index (χ2n) is 3.77. The van der Waals surface area contributed by atoms with Crippen LogP contribution in [0.2, 0.25) is 18.1 Å². The molecule has 0 atom stereocenters. The molecule has 0 saturated carbocycles. The molecule has 0 aliphatic carbocycles. The predicted octanol–water partition coefficient (Wildman–Crippen LogP) is 3.67. The third-order valence-electron chi connectivity index (χ3n) is 3.34. The van der Waals surface area contributed by atoms with Crippen LogP contribution in [0.3, 0.4) is 0 Å². The van der Waals surface area contributed by atoms with Crippen molar-refractivity contribution in [2.24, 2.45) is 0 Å². The molecule has 0 aromatic rings. The molecule has 82 valence electrons. The van der Waals surface area contributed by atoms with Crippen molar-refractivity contribution in [2.45, 2.75) is 38.9 Å². The number of hydrogen-bond acceptors (Lipinski definition) is 1. The first kappa shape index (κ1) is 13.7. The van der Waals surface area contributed by atoms with Gasteiger partial charge in [0.05, 0.1) is 0 Å². The van der Waals surface area contributed by atoms with Crippen LogP contribution in [0, 0.1) is 0 Å².